The van der Waals surface area contributed by atoms with Crippen LogP contribution in [0.5, 0.6) is 0 Å². The Labute approximate surface area is 307 Å². The average molecular weight is 816 g/mol. The van der Waals surface area contributed by atoms with E-state index in [2.05, 4.69) is 90.2 Å². The van der Waals surface area contributed by atoms with E-state index in [0.717, 1.165) is 10.8 Å². The molecule has 3 unspecified atom stereocenters. The molecule has 0 bridgehead atoms. The van der Waals surface area contributed by atoms with Crippen molar-refractivity contribution in [2.45, 2.75) is 93.8 Å². The number of phosphoric ester groups is 1. The first-order valence-corrected chi connectivity index (χ1v) is 21.7. The Morgan fingerprint density at radius 3 is 1.48 bits per heavy atom. The molecule has 1 saturated heterocycles. The predicted molar refractivity (Wildman–Crippen MR) is 197 cm³/mol. The van der Waals surface area contributed by atoms with Crippen molar-refractivity contribution < 1.29 is 61.0 Å². The quantitative estimate of drug-likeness (QED) is 0.116. The van der Waals surface area contributed by atoms with Crippen LogP contribution in [0.2, 0.25) is 0 Å². The molecule has 0 aromatic carbocycles. The minimum atomic E-state index is -5.72. The van der Waals surface area contributed by atoms with Crippen LogP contribution in [-0.2, 0) is 36.3 Å². The monoisotopic (exact) mass is 815 g/mol. The highest BCUT2D eigenvalue weighted by Crippen LogP contribution is 2.66. The number of rotatable bonds is 18. The minimum absolute atomic E-state index is 0.129. The van der Waals surface area contributed by atoms with Gasteiger partial charge in [0, 0.05) is 18.9 Å². The van der Waals surface area contributed by atoms with Gasteiger partial charge in [-0.15, -0.1) is 0 Å². The van der Waals surface area contributed by atoms with Gasteiger partial charge in [0.15, 0.2) is 6.23 Å². The Kier molecular flexibility index (Phi) is 27.1. The summed E-state index contributed by atoms with van der Waals surface area (Å²) in [6, 6.07) is 0. The molecule has 2 heterocycles. The second-order valence-electron chi connectivity index (χ2n) is 11.0. The highest BCUT2D eigenvalue weighted by atomic mass is 31.3. The second-order valence-corrected chi connectivity index (χ2v) is 15.4. The van der Waals surface area contributed by atoms with Crippen molar-refractivity contribution in [2.75, 3.05) is 72.6 Å². The molecule has 6 N–H and O–H groups in total. The first-order valence-electron chi connectivity index (χ1n) is 17.2. The van der Waals surface area contributed by atoms with Crippen LogP contribution in [0.25, 0.3) is 0 Å². The Morgan fingerprint density at radius 2 is 1.15 bits per heavy atom. The van der Waals surface area contributed by atoms with Crippen molar-refractivity contribution >= 4 is 23.5 Å². The number of hydrogen-bond acceptors (Lipinski definition) is 14. The summed E-state index contributed by atoms with van der Waals surface area (Å²) in [5, 5.41) is 10.3. The highest BCUT2D eigenvalue weighted by Gasteiger charge is 2.47. The summed E-state index contributed by atoms with van der Waals surface area (Å²) in [6.45, 7) is 30.8. The van der Waals surface area contributed by atoms with Gasteiger partial charge >= 0.3 is 29.2 Å². The fourth-order valence-corrected chi connectivity index (χ4v) is 7.62. The third-order valence-electron chi connectivity index (χ3n) is 7.85. The van der Waals surface area contributed by atoms with E-state index in [1.165, 1.54) is 72.9 Å². The van der Waals surface area contributed by atoms with Crippen LogP contribution in [0.1, 0.15) is 74.1 Å². The van der Waals surface area contributed by atoms with Crippen LogP contribution >= 0.6 is 23.5 Å². The second kappa shape index (κ2) is 26.6. The Hall–Kier alpha value is -1.15. The molecule has 23 heteroatoms. The van der Waals surface area contributed by atoms with Crippen molar-refractivity contribution in [3.05, 3.63) is 32.6 Å². The van der Waals surface area contributed by atoms with E-state index >= 15 is 0 Å². The lowest BCUT2D eigenvalue weighted by molar-refractivity contribution is -0.0620. The third kappa shape index (κ3) is 21.1. The lowest BCUT2D eigenvalue weighted by atomic mass is 10.1. The number of phosphoric acid groups is 3. The van der Waals surface area contributed by atoms with E-state index in [1.807, 2.05) is 4.98 Å². The number of methoxy groups -OCH3 is 1. The van der Waals surface area contributed by atoms with E-state index in [4.69, 9.17) is 24.2 Å². The summed E-state index contributed by atoms with van der Waals surface area (Å²) in [6.07, 6.45) is -4.38. The maximum Gasteiger partial charge on any atom is 0.490 e. The normalized spacial score (nSPS) is 21.0. The van der Waals surface area contributed by atoms with Crippen molar-refractivity contribution in [3.63, 3.8) is 0 Å². The molecule has 0 saturated carbocycles. The van der Waals surface area contributed by atoms with Gasteiger partial charge in [0.1, 0.15) is 18.3 Å². The van der Waals surface area contributed by atoms with Gasteiger partial charge < -0.3 is 48.9 Å². The lowest BCUT2D eigenvalue weighted by Crippen LogP contribution is -2.39. The van der Waals surface area contributed by atoms with E-state index in [0.29, 0.717) is 0 Å². The molecule has 0 radical (unpaired) electrons. The number of aliphatic hydroxyl groups is 1. The Bertz CT molecular complexity index is 1320. The van der Waals surface area contributed by atoms with E-state index in [-0.39, 0.29) is 5.56 Å². The number of hydrogen-bond donors (Lipinski definition) is 6. The van der Waals surface area contributed by atoms with Gasteiger partial charge in [-0.2, -0.15) is 8.62 Å². The molecule has 0 amide bonds. The van der Waals surface area contributed by atoms with E-state index in [1.54, 1.807) is 0 Å². The summed E-state index contributed by atoms with van der Waals surface area (Å²) in [5.74, 6) is 0. The van der Waals surface area contributed by atoms with Crippen LogP contribution < -0.4 is 11.2 Å². The Balaban J connectivity index is 0. The molecule has 52 heavy (non-hydrogen) atoms. The molecule has 2 rings (SSSR count). The van der Waals surface area contributed by atoms with Gasteiger partial charge in [0.05, 0.1) is 6.61 Å². The van der Waals surface area contributed by atoms with Crippen LogP contribution in [0, 0.1) is 6.92 Å². The molecule has 310 valence electrons. The zero-order valence-electron chi connectivity index (χ0n) is 32.4. The molecular formula is C29H64N5O15P3. The topological polar surface area (TPSA) is 263 Å². The van der Waals surface area contributed by atoms with Crippen molar-refractivity contribution in [1.29, 1.82) is 0 Å². The van der Waals surface area contributed by atoms with E-state index in [9.17, 15) is 33.3 Å². The number of nitrogens with one attached hydrogen (secondary N) is 1. The van der Waals surface area contributed by atoms with Gasteiger partial charge in [0.2, 0.25) is 0 Å². The number of aryl methyl sites for hydroxylation is 1. The van der Waals surface area contributed by atoms with Crippen molar-refractivity contribution in [3.8, 4) is 0 Å². The first-order chi connectivity index (χ1) is 24.1. The van der Waals surface area contributed by atoms with Gasteiger partial charge in [-0.25, -0.2) is 18.5 Å². The van der Waals surface area contributed by atoms with Crippen LogP contribution in [-0.4, -0.2) is 140 Å². The molecule has 1 aliphatic rings. The first kappa shape index (κ1) is 53.0. The summed E-state index contributed by atoms with van der Waals surface area (Å²) >= 11 is 0. The molecule has 1 aromatic rings. The third-order valence-corrected chi connectivity index (χ3v) is 11.7. The Morgan fingerprint density at radius 1 is 0.750 bits per heavy atom. The van der Waals surface area contributed by atoms with Crippen molar-refractivity contribution in [1.82, 2.24) is 24.3 Å². The molecule has 0 aliphatic carbocycles. The number of ether oxygens (including phenoxy) is 2. The number of aromatic nitrogens is 2. The van der Waals surface area contributed by atoms with Crippen LogP contribution in [0.15, 0.2) is 15.8 Å². The summed E-state index contributed by atoms with van der Waals surface area (Å²) in [4.78, 5) is 68.3. The maximum atomic E-state index is 12.1. The van der Waals surface area contributed by atoms with Crippen molar-refractivity contribution in [2.24, 2.45) is 0 Å². The van der Waals surface area contributed by atoms with Gasteiger partial charge in [-0.3, -0.25) is 18.9 Å². The summed E-state index contributed by atoms with van der Waals surface area (Å²) in [5.41, 5.74) is -1.43. The summed E-state index contributed by atoms with van der Waals surface area (Å²) < 4.78 is 56.7. The summed E-state index contributed by atoms with van der Waals surface area (Å²) in [7, 11) is -15.6. The van der Waals surface area contributed by atoms with Gasteiger partial charge in [-0.1, -0.05) is 62.3 Å². The highest BCUT2D eigenvalue weighted by molar-refractivity contribution is 7.66. The zero-order chi connectivity index (χ0) is 40.9. The fraction of sp³-hybridized carbons (Fsp3) is 0.862. The number of aromatic amines is 1. The molecule has 1 fully saturated rings. The SMILES string of the molecule is CCN(CC)CC.CCN(CC)CC.CCN(CC)CC.CO[C@H]1C(O)[C@@H](COP(=O)(O)OP(=O)(O)OP(=O)(O)O)O[C@H]1n1cc(C)c(=O)[nH]c1=O. The molecule has 20 nitrogen and oxygen atoms in total. The molecule has 1 aliphatic heterocycles. The van der Waals surface area contributed by atoms with Crippen LogP contribution in [0.4, 0.5) is 0 Å². The number of aliphatic hydroxyl groups excluding tert-OH is 1. The number of H-pyrrole nitrogens is 1. The zero-order valence-corrected chi connectivity index (χ0v) is 35.1. The van der Waals surface area contributed by atoms with Gasteiger partial charge in [0.25, 0.3) is 5.56 Å². The number of nitrogens with zero attached hydrogens (tertiary/aromatic N) is 4. The van der Waals surface area contributed by atoms with Gasteiger partial charge in [-0.05, 0) is 65.8 Å². The largest absolute Gasteiger partial charge is 0.490 e. The maximum absolute atomic E-state index is 12.1. The predicted octanol–water partition coefficient (Wildman–Crippen LogP) is 2.51. The molecular weight excluding hydrogens is 751 g/mol. The van der Waals surface area contributed by atoms with E-state index < -0.39 is 65.9 Å². The fourth-order valence-electron chi connectivity index (χ4n) is 4.59. The van der Waals surface area contributed by atoms with Crippen LogP contribution in [0.3, 0.4) is 0 Å². The molecule has 1 aromatic heterocycles. The lowest BCUT2D eigenvalue weighted by Gasteiger charge is -2.20. The smallest absolute Gasteiger partial charge is 0.387 e. The molecule has 0 spiro atoms. The molecule has 6 atom stereocenters. The standard InChI is InChI=1S/C11H19N2O15P3.3C6H15N/c1-5-3-13(11(16)12-9(5)15)10-8(24-2)7(14)6(26-10)4-25-30(20,21)28-31(22,23)27-29(17,18)19;3*1-4-7(5-2)6-3/h3,6-8,10,14H,4H2,1-2H3,(H,20,21)(H,22,23)(H,12,15,16)(H2,17,18,19);3*4-6H2,1-3H3/t6-,7?,8+,10-;;;/m1.../s1. The average Bonchev–Trinajstić information content (AvgIpc) is 3.38. The minimum Gasteiger partial charge on any atom is -0.387 e.